The third-order valence-electron chi connectivity index (χ3n) is 2.70. The molecule has 0 saturated carbocycles. The number of carboxylic acids is 1. The monoisotopic (exact) mass is 327 g/mol. The Hall–Kier alpha value is -1.14. The molecule has 0 fully saturated rings. The summed E-state index contributed by atoms with van der Waals surface area (Å²) in [5, 5.41) is 11.4. The van der Waals surface area contributed by atoms with Crippen LogP contribution in [0.5, 0.6) is 0 Å². The van der Waals surface area contributed by atoms with Crippen LogP contribution in [0.15, 0.2) is 30.3 Å². The highest BCUT2D eigenvalue weighted by Crippen LogP contribution is 2.20. The van der Waals surface area contributed by atoms with Gasteiger partial charge in [-0.25, -0.2) is 0 Å². The average molecular weight is 327 g/mol. The molecule has 0 spiro atoms. The lowest BCUT2D eigenvalue weighted by atomic mass is 10.1. The Morgan fingerprint density at radius 2 is 1.76 bits per heavy atom. The fraction of sp³-hybridized carbons (Fsp3) is 0.467. The SMILES string of the molecule is O=C(O)CCSSCCNC(=O)CCCc1ccccc1. The number of benzene rings is 1. The fourth-order valence-corrected chi connectivity index (χ4v) is 3.55. The molecule has 6 heteroatoms. The minimum atomic E-state index is -0.769. The van der Waals surface area contributed by atoms with Gasteiger partial charge in [-0.2, -0.15) is 0 Å². The summed E-state index contributed by atoms with van der Waals surface area (Å²) in [4.78, 5) is 21.9. The smallest absolute Gasteiger partial charge is 0.304 e. The van der Waals surface area contributed by atoms with Crippen LogP contribution in [-0.2, 0) is 16.0 Å². The quantitative estimate of drug-likeness (QED) is 0.483. The molecule has 4 nitrogen and oxygen atoms in total. The maximum Gasteiger partial charge on any atom is 0.304 e. The van der Waals surface area contributed by atoms with Gasteiger partial charge in [-0.15, -0.1) is 0 Å². The molecule has 21 heavy (non-hydrogen) atoms. The lowest BCUT2D eigenvalue weighted by Crippen LogP contribution is -2.25. The highest BCUT2D eigenvalue weighted by molar-refractivity contribution is 8.76. The van der Waals surface area contributed by atoms with E-state index >= 15 is 0 Å². The zero-order valence-electron chi connectivity index (χ0n) is 11.9. The first-order valence-electron chi connectivity index (χ1n) is 6.95. The molecule has 0 saturated heterocycles. The van der Waals surface area contributed by atoms with Crippen LogP contribution >= 0.6 is 21.6 Å². The number of rotatable bonds is 11. The Bertz CT molecular complexity index is 426. The normalized spacial score (nSPS) is 10.3. The molecule has 0 radical (unpaired) electrons. The number of carboxylic acid groups (broad SMARTS) is 1. The molecule has 1 aromatic rings. The van der Waals surface area contributed by atoms with Crippen molar-refractivity contribution in [1.29, 1.82) is 0 Å². The van der Waals surface area contributed by atoms with Gasteiger partial charge in [0.15, 0.2) is 0 Å². The van der Waals surface area contributed by atoms with Crippen LogP contribution < -0.4 is 5.32 Å². The molecule has 0 atom stereocenters. The summed E-state index contributed by atoms with van der Waals surface area (Å²) in [6.07, 6.45) is 2.51. The third kappa shape index (κ3) is 10.3. The van der Waals surface area contributed by atoms with Gasteiger partial charge in [-0.05, 0) is 18.4 Å². The van der Waals surface area contributed by atoms with Gasteiger partial charge in [0.2, 0.25) is 5.91 Å². The van der Waals surface area contributed by atoms with E-state index < -0.39 is 5.97 Å². The Morgan fingerprint density at radius 1 is 1.05 bits per heavy atom. The van der Waals surface area contributed by atoms with E-state index in [4.69, 9.17) is 5.11 Å². The fourth-order valence-electron chi connectivity index (χ4n) is 1.67. The lowest BCUT2D eigenvalue weighted by Gasteiger charge is -2.05. The Balaban J connectivity index is 1.93. The third-order valence-corrected chi connectivity index (χ3v) is 5.11. The summed E-state index contributed by atoms with van der Waals surface area (Å²) in [5.74, 6) is 0.719. The topological polar surface area (TPSA) is 66.4 Å². The summed E-state index contributed by atoms with van der Waals surface area (Å²) < 4.78 is 0. The van der Waals surface area contributed by atoms with Crippen molar-refractivity contribution in [3.8, 4) is 0 Å². The number of amides is 1. The number of carbonyl (C=O) groups is 2. The number of hydrogen-bond acceptors (Lipinski definition) is 4. The zero-order valence-corrected chi connectivity index (χ0v) is 13.5. The van der Waals surface area contributed by atoms with Crippen LogP contribution in [-0.4, -0.2) is 35.0 Å². The molecule has 0 aliphatic rings. The number of aliphatic carboxylic acids is 1. The molecule has 0 bridgehead atoms. The van der Waals surface area contributed by atoms with E-state index in [1.807, 2.05) is 18.2 Å². The van der Waals surface area contributed by atoms with Crippen LogP contribution in [0.2, 0.25) is 0 Å². The van der Waals surface area contributed by atoms with Gasteiger partial charge in [0.1, 0.15) is 0 Å². The summed E-state index contributed by atoms with van der Waals surface area (Å²) in [5.41, 5.74) is 1.26. The molecule has 0 aromatic heterocycles. The van der Waals surface area contributed by atoms with Crippen molar-refractivity contribution in [2.24, 2.45) is 0 Å². The van der Waals surface area contributed by atoms with Crippen molar-refractivity contribution in [2.75, 3.05) is 18.1 Å². The molecule has 116 valence electrons. The minimum absolute atomic E-state index is 0.0852. The van der Waals surface area contributed by atoms with E-state index in [1.165, 1.54) is 16.4 Å². The van der Waals surface area contributed by atoms with E-state index in [9.17, 15) is 9.59 Å². The van der Waals surface area contributed by atoms with Gasteiger partial charge in [0.05, 0.1) is 6.42 Å². The number of nitrogens with one attached hydrogen (secondary N) is 1. The van der Waals surface area contributed by atoms with Crippen LogP contribution in [0.4, 0.5) is 0 Å². The number of carbonyl (C=O) groups excluding carboxylic acids is 1. The van der Waals surface area contributed by atoms with Crippen molar-refractivity contribution in [1.82, 2.24) is 5.32 Å². The molecule has 1 rings (SSSR count). The second-order valence-electron chi connectivity index (χ2n) is 4.48. The van der Waals surface area contributed by atoms with Gasteiger partial charge in [-0.3, -0.25) is 9.59 Å². The van der Waals surface area contributed by atoms with Crippen molar-refractivity contribution in [3.05, 3.63) is 35.9 Å². The maximum atomic E-state index is 11.6. The number of aryl methyl sites for hydroxylation is 1. The Kier molecular flexibility index (Phi) is 9.82. The highest BCUT2D eigenvalue weighted by Gasteiger charge is 2.02. The molecule has 1 amide bonds. The van der Waals surface area contributed by atoms with Crippen LogP contribution in [0.3, 0.4) is 0 Å². The van der Waals surface area contributed by atoms with Crippen LogP contribution in [0.25, 0.3) is 0 Å². The van der Waals surface area contributed by atoms with E-state index in [-0.39, 0.29) is 12.3 Å². The first-order valence-corrected chi connectivity index (χ1v) is 9.44. The van der Waals surface area contributed by atoms with E-state index in [1.54, 1.807) is 10.8 Å². The highest BCUT2D eigenvalue weighted by atomic mass is 33.1. The van der Waals surface area contributed by atoms with Crippen molar-refractivity contribution >= 4 is 33.5 Å². The molecule has 0 unspecified atom stereocenters. The summed E-state index contributed by atoms with van der Waals surface area (Å²) in [6, 6.07) is 10.2. The molecule has 1 aromatic carbocycles. The predicted octanol–water partition coefficient (Wildman–Crippen LogP) is 2.98. The minimum Gasteiger partial charge on any atom is -0.481 e. The van der Waals surface area contributed by atoms with Crippen LogP contribution in [0.1, 0.15) is 24.8 Å². The summed E-state index contributed by atoms with van der Waals surface area (Å²) in [6.45, 7) is 0.634. The maximum absolute atomic E-state index is 11.6. The summed E-state index contributed by atoms with van der Waals surface area (Å²) in [7, 11) is 3.13. The van der Waals surface area contributed by atoms with E-state index in [0.717, 1.165) is 18.6 Å². The lowest BCUT2D eigenvalue weighted by molar-refractivity contribution is -0.136. The Morgan fingerprint density at radius 3 is 2.48 bits per heavy atom. The first-order chi connectivity index (χ1) is 10.2. The van der Waals surface area contributed by atoms with Gasteiger partial charge in [-0.1, -0.05) is 51.9 Å². The van der Waals surface area contributed by atoms with Gasteiger partial charge < -0.3 is 10.4 Å². The predicted molar refractivity (Wildman–Crippen MR) is 89.6 cm³/mol. The van der Waals surface area contributed by atoms with E-state index in [2.05, 4.69) is 17.4 Å². The van der Waals surface area contributed by atoms with Crippen LogP contribution in [0, 0.1) is 0 Å². The van der Waals surface area contributed by atoms with Gasteiger partial charge >= 0.3 is 5.97 Å². The summed E-state index contributed by atoms with van der Waals surface area (Å²) >= 11 is 0. The molecule has 0 aliphatic heterocycles. The largest absolute Gasteiger partial charge is 0.481 e. The van der Waals surface area contributed by atoms with Gasteiger partial charge in [0.25, 0.3) is 0 Å². The molecule has 0 aliphatic carbocycles. The van der Waals surface area contributed by atoms with Crippen molar-refractivity contribution in [3.63, 3.8) is 0 Å². The second kappa shape index (κ2) is 11.5. The van der Waals surface area contributed by atoms with Gasteiger partial charge in [0, 0.05) is 24.5 Å². The standard InChI is InChI=1S/C15H21NO3S2/c17-14(8-4-7-13-5-2-1-3-6-13)16-10-12-21-20-11-9-15(18)19/h1-3,5-6H,4,7-12H2,(H,16,17)(H,18,19). The average Bonchev–Trinajstić information content (AvgIpc) is 2.47. The molecule has 2 N–H and O–H groups in total. The zero-order chi connectivity index (χ0) is 15.3. The second-order valence-corrected chi connectivity index (χ2v) is 7.18. The Labute approximate surface area is 133 Å². The molecular formula is C15H21NO3S2. The number of hydrogen-bond donors (Lipinski definition) is 2. The van der Waals surface area contributed by atoms with Crippen molar-refractivity contribution in [2.45, 2.75) is 25.7 Å². The van der Waals surface area contributed by atoms with Crippen molar-refractivity contribution < 1.29 is 14.7 Å². The molecule has 0 heterocycles. The molecular weight excluding hydrogens is 306 g/mol. The first kappa shape index (κ1) is 17.9. The van der Waals surface area contributed by atoms with E-state index in [0.29, 0.717) is 18.7 Å².